The van der Waals surface area contributed by atoms with E-state index in [0.29, 0.717) is 5.41 Å². The number of rotatable bonds is 1. The second kappa shape index (κ2) is 6.55. The lowest BCUT2D eigenvalue weighted by Crippen LogP contribution is -2.23. The molecule has 0 heteroatoms. The third kappa shape index (κ3) is 4.57. The lowest BCUT2D eigenvalue weighted by atomic mass is 9.72. The predicted octanol–water partition coefficient (Wildman–Crippen LogP) is 5.56. The van der Waals surface area contributed by atoms with Crippen molar-refractivity contribution in [1.82, 2.24) is 0 Å². The first-order valence-corrected chi connectivity index (χ1v) is 7.15. The lowest BCUT2D eigenvalue weighted by Gasteiger charge is -2.34. The third-order valence-electron chi connectivity index (χ3n) is 4.64. The van der Waals surface area contributed by atoms with Gasteiger partial charge in [-0.15, -0.1) is 0 Å². The predicted molar refractivity (Wildman–Crippen MR) is 69.1 cm³/mol. The van der Waals surface area contributed by atoms with Crippen LogP contribution in [0.1, 0.15) is 85.0 Å². The van der Waals surface area contributed by atoms with Crippen LogP contribution in [-0.2, 0) is 0 Å². The summed E-state index contributed by atoms with van der Waals surface area (Å²) in [5.41, 5.74) is 0.629. The summed E-state index contributed by atoms with van der Waals surface area (Å²) in [5, 5.41) is 0. The fourth-order valence-electron chi connectivity index (χ4n) is 2.82. The van der Waals surface area contributed by atoms with E-state index < -0.39 is 0 Å². The van der Waals surface area contributed by atoms with Gasteiger partial charge < -0.3 is 0 Å². The first kappa shape index (κ1) is 13.1. The Hall–Kier alpha value is 0. The van der Waals surface area contributed by atoms with Gasteiger partial charge in [-0.25, -0.2) is 0 Å². The van der Waals surface area contributed by atoms with E-state index in [1.165, 1.54) is 64.2 Å². The standard InChI is InChI=1S/C15H30/c1-14(2)15(3)12-10-8-6-4-5-7-9-11-13-15/h14H,4-13H2,1-3H3. The zero-order chi connectivity index (χ0) is 11.1. The van der Waals surface area contributed by atoms with Crippen LogP contribution < -0.4 is 0 Å². The first-order valence-electron chi connectivity index (χ1n) is 7.15. The minimum absolute atomic E-state index is 0.629. The normalized spacial score (nSPS) is 24.8. The summed E-state index contributed by atoms with van der Waals surface area (Å²) in [7, 11) is 0. The van der Waals surface area contributed by atoms with Gasteiger partial charge in [0.25, 0.3) is 0 Å². The summed E-state index contributed by atoms with van der Waals surface area (Å²) < 4.78 is 0. The van der Waals surface area contributed by atoms with Crippen molar-refractivity contribution in [3.63, 3.8) is 0 Å². The van der Waals surface area contributed by atoms with Crippen molar-refractivity contribution in [1.29, 1.82) is 0 Å². The SMILES string of the molecule is CC(C)C1(C)CCCCCCCCCC1. The van der Waals surface area contributed by atoms with Crippen molar-refractivity contribution < 1.29 is 0 Å². The van der Waals surface area contributed by atoms with E-state index in [1.54, 1.807) is 0 Å². The van der Waals surface area contributed by atoms with Crippen molar-refractivity contribution in [3.8, 4) is 0 Å². The molecule has 0 nitrogen and oxygen atoms in total. The fraction of sp³-hybridized carbons (Fsp3) is 1.00. The highest BCUT2D eigenvalue weighted by Crippen LogP contribution is 2.38. The molecule has 0 aliphatic heterocycles. The molecule has 0 aromatic heterocycles. The average molecular weight is 210 g/mol. The Morgan fingerprint density at radius 1 is 0.667 bits per heavy atom. The van der Waals surface area contributed by atoms with Crippen molar-refractivity contribution in [3.05, 3.63) is 0 Å². The minimum Gasteiger partial charge on any atom is -0.0623 e. The second-order valence-electron chi connectivity index (χ2n) is 6.14. The van der Waals surface area contributed by atoms with Crippen molar-refractivity contribution in [2.45, 2.75) is 85.0 Å². The van der Waals surface area contributed by atoms with Crippen LogP contribution in [0.4, 0.5) is 0 Å². The molecule has 1 rings (SSSR count). The van der Waals surface area contributed by atoms with Crippen LogP contribution in [0, 0.1) is 11.3 Å². The summed E-state index contributed by atoms with van der Waals surface area (Å²) in [6, 6.07) is 0. The summed E-state index contributed by atoms with van der Waals surface area (Å²) in [6.07, 6.45) is 14.7. The lowest BCUT2D eigenvalue weighted by molar-refractivity contribution is 0.170. The maximum Gasteiger partial charge on any atom is -0.0303 e. The summed E-state index contributed by atoms with van der Waals surface area (Å²) in [6.45, 7) is 7.36. The van der Waals surface area contributed by atoms with Gasteiger partial charge in [-0.05, 0) is 24.2 Å². The van der Waals surface area contributed by atoms with Gasteiger partial charge in [-0.2, -0.15) is 0 Å². The highest BCUT2D eigenvalue weighted by atomic mass is 14.3. The van der Waals surface area contributed by atoms with Gasteiger partial charge in [0.05, 0.1) is 0 Å². The zero-order valence-corrected chi connectivity index (χ0v) is 11.1. The van der Waals surface area contributed by atoms with E-state index >= 15 is 0 Å². The summed E-state index contributed by atoms with van der Waals surface area (Å²) >= 11 is 0. The van der Waals surface area contributed by atoms with Gasteiger partial charge in [0.2, 0.25) is 0 Å². The monoisotopic (exact) mass is 210 g/mol. The van der Waals surface area contributed by atoms with Crippen LogP contribution in [0.3, 0.4) is 0 Å². The van der Waals surface area contributed by atoms with Crippen LogP contribution >= 0.6 is 0 Å². The van der Waals surface area contributed by atoms with E-state index in [9.17, 15) is 0 Å². The Labute approximate surface area is 96.8 Å². The second-order valence-corrected chi connectivity index (χ2v) is 6.14. The molecule has 0 saturated heterocycles. The van der Waals surface area contributed by atoms with Crippen LogP contribution in [0.2, 0.25) is 0 Å². The number of hydrogen-bond donors (Lipinski definition) is 0. The van der Waals surface area contributed by atoms with Gasteiger partial charge in [0, 0.05) is 0 Å². The Balaban J connectivity index is 2.45. The van der Waals surface area contributed by atoms with Crippen LogP contribution in [-0.4, -0.2) is 0 Å². The molecule has 1 aliphatic rings. The maximum atomic E-state index is 2.52. The maximum absolute atomic E-state index is 2.52. The Morgan fingerprint density at radius 3 is 1.33 bits per heavy atom. The molecule has 90 valence electrons. The molecule has 0 aromatic carbocycles. The number of hydrogen-bond acceptors (Lipinski definition) is 0. The summed E-state index contributed by atoms with van der Waals surface area (Å²) in [5.74, 6) is 0.859. The molecule has 0 spiro atoms. The Bertz CT molecular complexity index is 145. The highest BCUT2D eigenvalue weighted by molar-refractivity contribution is 4.78. The van der Waals surface area contributed by atoms with Crippen LogP contribution in [0.15, 0.2) is 0 Å². The van der Waals surface area contributed by atoms with Crippen molar-refractivity contribution in [2.24, 2.45) is 11.3 Å². The van der Waals surface area contributed by atoms with E-state index in [-0.39, 0.29) is 0 Å². The molecule has 0 atom stereocenters. The highest BCUT2D eigenvalue weighted by Gasteiger charge is 2.27. The molecule has 0 heterocycles. The first-order chi connectivity index (χ1) is 7.15. The smallest absolute Gasteiger partial charge is 0.0303 e. The third-order valence-corrected chi connectivity index (χ3v) is 4.64. The summed E-state index contributed by atoms with van der Waals surface area (Å²) in [4.78, 5) is 0. The molecule has 1 saturated carbocycles. The largest absolute Gasteiger partial charge is 0.0623 e. The molecule has 0 unspecified atom stereocenters. The molecule has 0 amide bonds. The van der Waals surface area contributed by atoms with Gasteiger partial charge in [0.1, 0.15) is 0 Å². The zero-order valence-electron chi connectivity index (χ0n) is 11.1. The molecule has 0 aromatic rings. The van der Waals surface area contributed by atoms with E-state index in [1.807, 2.05) is 0 Å². The van der Waals surface area contributed by atoms with Gasteiger partial charge in [0.15, 0.2) is 0 Å². The molecule has 15 heavy (non-hydrogen) atoms. The van der Waals surface area contributed by atoms with E-state index in [4.69, 9.17) is 0 Å². The Kier molecular flexibility index (Phi) is 5.71. The topological polar surface area (TPSA) is 0 Å². The molecular weight excluding hydrogens is 180 g/mol. The fourth-order valence-corrected chi connectivity index (χ4v) is 2.82. The van der Waals surface area contributed by atoms with E-state index in [0.717, 1.165) is 5.92 Å². The van der Waals surface area contributed by atoms with E-state index in [2.05, 4.69) is 20.8 Å². The molecule has 0 bridgehead atoms. The van der Waals surface area contributed by atoms with Crippen molar-refractivity contribution in [2.75, 3.05) is 0 Å². The quantitative estimate of drug-likeness (QED) is 0.531. The van der Waals surface area contributed by atoms with Crippen LogP contribution in [0.5, 0.6) is 0 Å². The molecule has 0 radical (unpaired) electrons. The molecule has 0 N–H and O–H groups in total. The molecular formula is C15H30. The van der Waals surface area contributed by atoms with Gasteiger partial charge >= 0.3 is 0 Å². The average Bonchev–Trinajstić information content (AvgIpc) is 2.24. The van der Waals surface area contributed by atoms with Crippen molar-refractivity contribution >= 4 is 0 Å². The van der Waals surface area contributed by atoms with Gasteiger partial charge in [-0.3, -0.25) is 0 Å². The molecule has 1 aliphatic carbocycles. The minimum atomic E-state index is 0.629. The molecule has 1 fully saturated rings. The Morgan fingerprint density at radius 2 is 1.00 bits per heavy atom. The van der Waals surface area contributed by atoms with Crippen LogP contribution in [0.25, 0.3) is 0 Å². The van der Waals surface area contributed by atoms with Gasteiger partial charge in [-0.1, -0.05) is 72.1 Å².